The Kier molecular flexibility index (Phi) is 39.6. The van der Waals surface area contributed by atoms with E-state index in [2.05, 4.69) is 51.0 Å². The first-order valence-corrected chi connectivity index (χ1v) is 46.5. The molecule has 149 heavy (non-hydrogen) atoms. The SMILES string of the molecule is COc1c(C)cc(C(=O)/C=C/c2cc(-c3ccc(CO)c(CO)c3)n[nH]2)cc1CO.COc1c(C)cc(C(=O)/C=C/c2cc(-c3ccc(CO)cc3)n[nH]2)cc1CO.COc1c(C)cc(C(=O)/C=C/c2cc(-c3ccc4c(c3)OCO4)n[nH]2)cc1CO.COc1cc(-c2cc(/C=C/C(=O)c3cc(C)c(OC)c(CO)c3)[nH]n2)cc(CO)c1CO.COc1cc(CO)cc(-c2cc(/C=C/C(=O)c3cc(C)c(OC)c(CO)c3)[nH]n2)c1. The third-order valence-electron chi connectivity index (χ3n) is 23.9. The number of carbonyl (C=O) groups excluding carboxylic acids is 5. The van der Waals surface area contributed by atoms with Crippen LogP contribution >= 0.6 is 0 Å². The van der Waals surface area contributed by atoms with Gasteiger partial charge in [-0.25, -0.2) is 0 Å². The number of nitrogens with one attached hydrogen (secondary N) is 5. The molecule has 1 aliphatic heterocycles. The van der Waals surface area contributed by atoms with E-state index in [0.29, 0.717) is 186 Å². The van der Waals surface area contributed by atoms with Gasteiger partial charge in [0.25, 0.3) is 0 Å². The number of aliphatic hydroxyl groups excluding tert-OH is 11. The van der Waals surface area contributed by atoms with Crippen LogP contribution in [0.4, 0.5) is 0 Å². The molecule has 5 aromatic heterocycles. The van der Waals surface area contributed by atoms with Crippen molar-refractivity contribution in [1.29, 1.82) is 0 Å². The molecular weight excluding hydrogens is 1910 g/mol. The van der Waals surface area contributed by atoms with Gasteiger partial charge in [-0.15, -0.1) is 0 Å². The number of carbonyl (C=O) groups is 5. The molecule has 772 valence electrons. The Bertz CT molecular complexity index is 7390. The van der Waals surface area contributed by atoms with Gasteiger partial charge in [-0.1, -0.05) is 36.4 Å². The number of hydrogen-bond acceptors (Lipinski definition) is 30. The molecule has 16 rings (SSSR count). The lowest BCUT2D eigenvalue weighted by Gasteiger charge is -2.12. The van der Waals surface area contributed by atoms with Crippen LogP contribution in [-0.4, -0.2) is 193 Å². The monoisotopic (exact) mass is 2020 g/mol. The lowest BCUT2D eigenvalue weighted by molar-refractivity contribution is 0.103. The first kappa shape index (κ1) is 111. The van der Waals surface area contributed by atoms with Crippen molar-refractivity contribution in [2.75, 3.05) is 56.6 Å². The summed E-state index contributed by atoms with van der Waals surface area (Å²) in [4.78, 5) is 62.9. The van der Waals surface area contributed by atoms with Crippen LogP contribution < -0.4 is 42.6 Å². The quantitative estimate of drug-likeness (QED) is 0.0126. The zero-order valence-electron chi connectivity index (χ0n) is 84.0. The average molecular weight is 2030 g/mol. The minimum atomic E-state index is -0.251. The highest BCUT2D eigenvalue weighted by molar-refractivity contribution is 6.10. The number of allylic oxidation sites excluding steroid dienone is 5. The Labute approximate surface area is 858 Å². The number of aryl methyl sites for hydroxylation is 5. The van der Waals surface area contributed by atoms with Gasteiger partial charge in [0, 0.05) is 89.0 Å². The van der Waals surface area contributed by atoms with Crippen molar-refractivity contribution < 1.29 is 123 Å². The molecule has 0 amide bonds. The van der Waals surface area contributed by atoms with Gasteiger partial charge in [-0.05, 0) is 297 Å². The minimum absolute atomic E-state index is 0.000223. The van der Waals surface area contributed by atoms with E-state index in [9.17, 15) is 75.0 Å². The van der Waals surface area contributed by atoms with Crippen LogP contribution in [0.5, 0.6) is 51.7 Å². The maximum atomic E-state index is 12.6. The number of aliphatic hydroxyl groups is 11. The van der Waals surface area contributed by atoms with E-state index in [1.165, 1.54) is 65.9 Å². The van der Waals surface area contributed by atoms with Gasteiger partial charge in [-0.3, -0.25) is 49.5 Å². The van der Waals surface area contributed by atoms with Gasteiger partial charge in [-0.2, -0.15) is 25.5 Å². The number of methoxy groups -OCH3 is 7. The normalized spacial score (nSPS) is 11.4. The second-order valence-corrected chi connectivity index (χ2v) is 33.8. The summed E-state index contributed by atoms with van der Waals surface area (Å²) in [6.07, 6.45) is 15.5. The predicted octanol–water partition coefficient (Wildman–Crippen LogP) is 15.6. The Morgan fingerprint density at radius 1 is 0.268 bits per heavy atom. The van der Waals surface area contributed by atoms with Crippen molar-refractivity contribution in [3.8, 4) is 108 Å². The summed E-state index contributed by atoms with van der Waals surface area (Å²) in [5, 5.41) is 140. The maximum Gasteiger partial charge on any atom is 0.231 e. The largest absolute Gasteiger partial charge is 0.497 e. The molecule has 0 aliphatic carbocycles. The van der Waals surface area contributed by atoms with Crippen molar-refractivity contribution in [1.82, 2.24) is 51.0 Å². The molecule has 1 aliphatic rings. The van der Waals surface area contributed by atoms with Crippen molar-refractivity contribution >= 4 is 59.3 Å². The van der Waals surface area contributed by atoms with E-state index in [1.807, 2.05) is 107 Å². The van der Waals surface area contributed by atoms with Crippen molar-refractivity contribution in [2.24, 2.45) is 0 Å². The first-order valence-electron chi connectivity index (χ1n) is 46.5. The molecule has 35 heteroatoms. The summed E-state index contributed by atoms with van der Waals surface area (Å²) >= 11 is 0. The van der Waals surface area contributed by atoms with Gasteiger partial charge >= 0.3 is 0 Å². The smallest absolute Gasteiger partial charge is 0.231 e. The number of hydrogen-bond donors (Lipinski definition) is 16. The third kappa shape index (κ3) is 28.0. The van der Waals surface area contributed by atoms with Gasteiger partial charge in [0.1, 0.15) is 40.2 Å². The van der Waals surface area contributed by atoms with E-state index in [0.717, 1.165) is 67.0 Å². The molecule has 10 aromatic carbocycles. The summed E-state index contributed by atoms with van der Waals surface area (Å²) in [6, 6.07) is 53.1. The molecule has 15 aromatic rings. The van der Waals surface area contributed by atoms with Crippen LogP contribution in [0.1, 0.15) is 169 Å². The topological polar surface area (TPSA) is 534 Å². The van der Waals surface area contributed by atoms with Gasteiger partial charge in [0.05, 0.1) is 179 Å². The number of fused-ring (bicyclic) bond motifs is 1. The fourth-order valence-electron chi connectivity index (χ4n) is 16.4. The molecule has 0 fully saturated rings. The highest BCUT2D eigenvalue weighted by Crippen LogP contribution is 2.39. The van der Waals surface area contributed by atoms with Crippen LogP contribution in [-0.2, 0) is 72.7 Å². The number of aromatic amines is 5. The van der Waals surface area contributed by atoms with Crippen LogP contribution in [0.2, 0.25) is 0 Å². The number of rotatable bonds is 38. The Hall–Kier alpha value is -16.9. The van der Waals surface area contributed by atoms with Crippen LogP contribution in [0.3, 0.4) is 0 Å². The Morgan fingerprint density at radius 3 is 0.886 bits per heavy atom. The van der Waals surface area contributed by atoms with Gasteiger partial charge in [0.2, 0.25) is 6.79 Å². The van der Waals surface area contributed by atoms with E-state index >= 15 is 0 Å². The van der Waals surface area contributed by atoms with Gasteiger partial charge < -0.3 is 98.8 Å². The van der Waals surface area contributed by atoms with Gasteiger partial charge in [0.15, 0.2) is 40.4 Å². The van der Waals surface area contributed by atoms with Crippen LogP contribution in [0.15, 0.2) is 212 Å². The van der Waals surface area contributed by atoms with Crippen LogP contribution in [0, 0.1) is 34.6 Å². The molecule has 0 bridgehead atoms. The van der Waals surface area contributed by atoms with E-state index in [4.69, 9.17) is 47.7 Å². The Morgan fingerprint density at radius 2 is 0.570 bits per heavy atom. The lowest BCUT2D eigenvalue weighted by Crippen LogP contribution is -2.01. The molecule has 0 saturated heterocycles. The summed E-state index contributed by atoms with van der Waals surface area (Å²) in [5.41, 5.74) is 23.8. The standard InChI is InChI=1S/C24H26N2O6.2C23H24N2O5.C22H20N2O5.C22H22N2O4/c1-14-6-16(8-18(12-28)24(14)32-3)22(30)5-4-19-10-21(26-25-19)15-7-17(11-27)20(13-29)23(9-15)31-2;1-14-6-17(9-18(13-27)23(14)30-3)22(28)5-4-19-11-21(25-24-19)16-7-15(12-26)8-20(10-16)29-2;1-14-7-17(9-19(13-28)23(14)30-2)22(29)6-5-20-10-21(25-24-20)15-3-4-16(11-26)18(8-15)12-27;1-13-7-15(8-16(11-25)22(13)27-2)19(26)5-4-17-10-18(24-23-17)14-3-6-20-21(9-14)29-12-28-20;1-14-9-17(10-18(13-26)22(14)28-2)21(27)8-7-19-11-20(24-23-19)16-5-3-15(12-25)4-6-16/h4-10,27-29H,11-13H2,1-3H3,(H,25,26);4-11,26-27H,12-13H2,1-3H3,(H,24,25);3-10,26-28H,11-13H2,1-2H3,(H,24,25);3-10,25H,11-12H2,1-2H3,(H,23,24);3-11,25-26H,12-13H2,1-2H3,(H,23,24)/b2*5-4+;6-5+;5-4+;8-7+. The zero-order valence-corrected chi connectivity index (χ0v) is 84.0. The Balaban J connectivity index is 0.000000165. The number of benzene rings is 10. The molecule has 35 nitrogen and oxygen atoms in total. The highest BCUT2D eigenvalue weighted by Gasteiger charge is 2.23. The predicted molar refractivity (Wildman–Crippen MR) is 560 cm³/mol. The summed E-state index contributed by atoms with van der Waals surface area (Å²) in [6.45, 7) is 7.38. The second-order valence-electron chi connectivity index (χ2n) is 33.8. The molecule has 0 atom stereocenters. The summed E-state index contributed by atoms with van der Waals surface area (Å²) in [5.74, 6) is 4.41. The minimum Gasteiger partial charge on any atom is -0.497 e. The van der Waals surface area contributed by atoms with Crippen molar-refractivity contribution in [3.05, 3.63) is 358 Å². The number of H-pyrrole nitrogens is 5. The molecule has 0 saturated carbocycles. The number of ether oxygens (including phenoxy) is 9. The van der Waals surface area contributed by atoms with Crippen molar-refractivity contribution in [3.63, 3.8) is 0 Å². The maximum absolute atomic E-state index is 12.6. The first-order chi connectivity index (χ1) is 72.1. The highest BCUT2D eigenvalue weighted by atomic mass is 16.7. The molecule has 0 spiro atoms. The molecule has 0 radical (unpaired) electrons. The number of ketones is 5. The molecule has 0 unspecified atom stereocenters. The average Bonchev–Trinajstić information content (AvgIpc) is 1.76. The summed E-state index contributed by atoms with van der Waals surface area (Å²) in [7, 11) is 10.7. The molecular formula is C114H116N10O25. The van der Waals surface area contributed by atoms with Crippen molar-refractivity contribution in [2.45, 2.75) is 107 Å². The number of nitrogens with zero attached hydrogens (tertiary/aromatic N) is 5. The fraction of sp³-hybridized carbons (Fsp3) is 0.211. The zero-order chi connectivity index (χ0) is 107. The number of aromatic nitrogens is 10. The van der Waals surface area contributed by atoms with Crippen LogP contribution in [0.25, 0.3) is 86.7 Å². The lowest BCUT2D eigenvalue weighted by atomic mass is 10.0. The van der Waals surface area contributed by atoms with E-state index in [-0.39, 0.29) is 108 Å². The fourth-order valence-corrected chi connectivity index (χ4v) is 16.4. The van der Waals surface area contributed by atoms with E-state index < -0.39 is 0 Å². The summed E-state index contributed by atoms with van der Waals surface area (Å²) < 4.78 is 47.7. The molecule has 6 heterocycles. The third-order valence-corrected chi connectivity index (χ3v) is 23.9. The van der Waals surface area contributed by atoms with E-state index in [1.54, 1.807) is 154 Å². The second kappa shape index (κ2) is 53.2. The molecule has 16 N–H and O–H groups in total.